The third-order valence-corrected chi connectivity index (χ3v) is 2.83. The van der Waals surface area contributed by atoms with E-state index in [9.17, 15) is 0 Å². The molecule has 0 amide bonds. The van der Waals surface area contributed by atoms with Crippen molar-refractivity contribution in [2.75, 3.05) is 40.1 Å². The van der Waals surface area contributed by atoms with Crippen LogP contribution in [0.15, 0.2) is 4.52 Å². The summed E-state index contributed by atoms with van der Waals surface area (Å²) in [6, 6.07) is -0.0590. The number of methoxy groups -OCH3 is 1. The molecule has 0 aliphatic carbocycles. The van der Waals surface area contributed by atoms with Gasteiger partial charge < -0.3 is 24.5 Å². The van der Waals surface area contributed by atoms with Gasteiger partial charge in [-0.05, 0) is 0 Å². The fourth-order valence-corrected chi connectivity index (χ4v) is 1.75. The van der Waals surface area contributed by atoms with Crippen molar-refractivity contribution in [1.29, 1.82) is 0 Å². The number of nitrogens with zero attached hydrogens (tertiary/aromatic N) is 2. The van der Waals surface area contributed by atoms with Crippen molar-refractivity contribution < 1.29 is 18.7 Å². The van der Waals surface area contributed by atoms with Crippen molar-refractivity contribution in [2.24, 2.45) is 5.73 Å². The van der Waals surface area contributed by atoms with Crippen molar-refractivity contribution in [1.82, 2.24) is 10.1 Å². The van der Waals surface area contributed by atoms with Gasteiger partial charge in [-0.2, -0.15) is 4.98 Å². The molecule has 1 saturated heterocycles. The largest absolute Gasteiger partial charge is 0.382 e. The van der Waals surface area contributed by atoms with E-state index in [0.29, 0.717) is 51.2 Å². The van der Waals surface area contributed by atoms with E-state index in [0.717, 1.165) is 0 Å². The number of hydrogen-bond donors (Lipinski definition) is 1. The Balaban J connectivity index is 1.75. The average molecular weight is 257 g/mol. The summed E-state index contributed by atoms with van der Waals surface area (Å²) in [7, 11) is 1.64. The van der Waals surface area contributed by atoms with Crippen molar-refractivity contribution in [2.45, 2.75) is 18.4 Å². The molecular formula is C11H19N3O4. The zero-order valence-electron chi connectivity index (χ0n) is 10.5. The first-order valence-electron chi connectivity index (χ1n) is 6.03. The Morgan fingerprint density at radius 2 is 2.22 bits per heavy atom. The van der Waals surface area contributed by atoms with E-state index >= 15 is 0 Å². The zero-order valence-corrected chi connectivity index (χ0v) is 10.5. The molecule has 2 unspecified atom stereocenters. The molecule has 7 heteroatoms. The van der Waals surface area contributed by atoms with E-state index in [4.69, 9.17) is 24.5 Å². The number of nitrogens with two attached hydrogens (primary N) is 1. The van der Waals surface area contributed by atoms with Crippen molar-refractivity contribution in [3.05, 3.63) is 11.7 Å². The molecular weight excluding hydrogens is 238 g/mol. The standard InChI is InChI=1S/C11H19N3O4/c1-15-4-5-16-3-2-10-13-11(18-14-10)8-6-17-7-9(8)12/h8-9H,2-7,12H2,1H3. The van der Waals surface area contributed by atoms with Gasteiger partial charge >= 0.3 is 0 Å². The Morgan fingerprint density at radius 3 is 2.94 bits per heavy atom. The maximum Gasteiger partial charge on any atom is 0.233 e. The Hall–Kier alpha value is -1.02. The van der Waals surface area contributed by atoms with E-state index in [2.05, 4.69) is 10.1 Å². The monoisotopic (exact) mass is 257 g/mol. The van der Waals surface area contributed by atoms with E-state index in [-0.39, 0.29) is 12.0 Å². The maximum atomic E-state index is 5.88. The molecule has 2 atom stereocenters. The van der Waals surface area contributed by atoms with Gasteiger partial charge in [0.2, 0.25) is 5.89 Å². The molecule has 0 bridgehead atoms. The summed E-state index contributed by atoms with van der Waals surface area (Å²) in [6.07, 6.45) is 0.621. The molecule has 0 spiro atoms. The lowest BCUT2D eigenvalue weighted by Crippen LogP contribution is -2.27. The van der Waals surface area contributed by atoms with Gasteiger partial charge in [0.1, 0.15) is 0 Å². The highest BCUT2D eigenvalue weighted by molar-refractivity contribution is 5.01. The Labute approximate surface area is 106 Å². The first kappa shape index (κ1) is 13.4. The first-order valence-corrected chi connectivity index (χ1v) is 6.03. The predicted molar refractivity (Wildman–Crippen MR) is 62.2 cm³/mol. The van der Waals surface area contributed by atoms with E-state index in [1.54, 1.807) is 7.11 Å². The second-order valence-corrected chi connectivity index (χ2v) is 4.21. The smallest absolute Gasteiger partial charge is 0.233 e. The molecule has 102 valence electrons. The predicted octanol–water partition coefficient (Wildman–Crippen LogP) is -0.284. The van der Waals surface area contributed by atoms with Crippen LogP contribution in [0.4, 0.5) is 0 Å². The van der Waals surface area contributed by atoms with Gasteiger partial charge in [-0.15, -0.1) is 0 Å². The lowest BCUT2D eigenvalue weighted by molar-refractivity contribution is 0.0714. The van der Waals surface area contributed by atoms with Crippen LogP contribution in [0.25, 0.3) is 0 Å². The van der Waals surface area contributed by atoms with E-state index in [1.165, 1.54) is 0 Å². The van der Waals surface area contributed by atoms with Crippen molar-refractivity contribution in [3.63, 3.8) is 0 Å². The Morgan fingerprint density at radius 1 is 1.33 bits per heavy atom. The number of hydrogen-bond acceptors (Lipinski definition) is 7. The molecule has 1 aliphatic rings. The lowest BCUT2D eigenvalue weighted by Gasteiger charge is -2.06. The molecule has 1 aromatic heterocycles. The van der Waals surface area contributed by atoms with Crippen molar-refractivity contribution in [3.8, 4) is 0 Å². The molecule has 2 heterocycles. The molecule has 0 aromatic carbocycles. The van der Waals surface area contributed by atoms with Gasteiger partial charge in [0.25, 0.3) is 0 Å². The molecule has 1 aromatic rings. The summed E-state index contributed by atoms with van der Waals surface area (Å²) in [5.41, 5.74) is 5.88. The van der Waals surface area contributed by atoms with E-state index < -0.39 is 0 Å². The van der Waals surface area contributed by atoms with E-state index in [1.807, 2.05) is 0 Å². The topological polar surface area (TPSA) is 92.6 Å². The minimum absolute atomic E-state index is 0.0145. The van der Waals surface area contributed by atoms with Gasteiger partial charge in [-0.1, -0.05) is 5.16 Å². The van der Waals surface area contributed by atoms with Gasteiger partial charge in [-0.25, -0.2) is 0 Å². The zero-order chi connectivity index (χ0) is 12.8. The normalized spacial score (nSPS) is 23.7. The molecule has 2 rings (SSSR count). The summed E-state index contributed by atoms with van der Waals surface area (Å²) >= 11 is 0. The summed E-state index contributed by atoms with van der Waals surface area (Å²) in [5, 5.41) is 3.90. The second kappa shape index (κ2) is 6.79. The third-order valence-electron chi connectivity index (χ3n) is 2.83. The summed E-state index contributed by atoms with van der Waals surface area (Å²) in [6.45, 7) is 2.81. The van der Waals surface area contributed by atoms with Gasteiger partial charge in [0.15, 0.2) is 5.82 Å². The highest BCUT2D eigenvalue weighted by Gasteiger charge is 2.31. The lowest BCUT2D eigenvalue weighted by atomic mass is 10.1. The number of ether oxygens (including phenoxy) is 3. The maximum absolute atomic E-state index is 5.88. The minimum atomic E-state index is -0.0590. The third kappa shape index (κ3) is 3.49. The fraction of sp³-hybridized carbons (Fsp3) is 0.818. The van der Waals surface area contributed by atoms with Crippen LogP contribution in [0.3, 0.4) is 0 Å². The quantitative estimate of drug-likeness (QED) is 0.671. The molecule has 7 nitrogen and oxygen atoms in total. The highest BCUT2D eigenvalue weighted by atomic mass is 16.5. The van der Waals surface area contributed by atoms with Crippen LogP contribution in [0.5, 0.6) is 0 Å². The van der Waals surface area contributed by atoms with Crippen LogP contribution >= 0.6 is 0 Å². The van der Waals surface area contributed by atoms with Crippen LogP contribution in [-0.2, 0) is 20.6 Å². The van der Waals surface area contributed by atoms with Crippen LogP contribution in [0, 0.1) is 0 Å². The Bertz CT molecular complexity index is 358. The summed E-state index contributed by atoms with van der Waals surface area (Å²) in [4.78, 5) is 4.31. The molecule has 1 fully saturated rings. The Kier molecular flexibility index (Phi) is 5.06. The number of aromatic nitrogens is 2. The summed E-state index contributed by atoms with van der Waals surface area (Å²) < 4.78 is 20.7. The highest BCUT2D eigenvalue weighted by Crippen LogP contribution is 2.22. The van der Waals surface area contributed by atoms with Gasteiger partial charge in [0.05, 0.1) is 39.0 Å². The van der Waals surface area contributed by atoms with Crippen LogP contribution in [0.1, 0.15) is 17.6 Å². The molecule has 1 aliphatic heterocycles. The fourth-order valence-electron chi connectivity index (χ4n) is 1.75. The molecule has 0 saturated carbocycles. The van der Waals surface area contributed by atoms with Gasteiger partial charge in [-0.3, -0.25) is 0 Å². The van der Waals surface area contributed by atoms with Crippen LogP contribution in [-0.4, -0.2) is 56.3 Å². The molecule has 18 heavy (non-hydrogen) atoms. The summed E-state index contributed by atoms with van der Waals surface area (Å²) in [5.74, 6) is 1.22. The average Bonchev–Trinajstić information content (AvgIpc) is 2.97. The molecule has 0 radical (unpaired) electrons. The van der Waals surface area contributed by atoms with Crippen LogP contribution < -0.4 is 5.73 Å². The second-order valence-electron chi connectivity index (χ2n) is 4.21. The van der Waals surface area contributed by atoms with Gasteiger partial charge in [0, 0.05) is 19.6 Å². The molecule has 2 N–H and O–H groups in total. The van der Waals surface area contributed by atoms with Crippen LogP contribution in [0.2, 0.25) is 0 Å². The minimum Gasteiger partial charge on any atom is -0.382 e. The SMILES string of the molecule is COCCOCCc1noc(C2COCC2N)n1. The van der Waals surface area contributed by atoms with Crippen molar-refractivity contribution >= 4 is 0 Å². The number of rotatable bonds is 7. The first-order chi connectivity index (χ1) is 8.81.